The van der Waals surface area contributed by atoms with Crippen LogP contribution in [0.2, 0.25) is 0 Å². The van der Waals surface area contributed by atoms with Crippen LogP contribution in [0.5, 0.6) is 23.0 Å². The Morgan fingerprint density at radius 3 is 1.62 bits per heavy atom. The van der Waals surface area contributed by atoms with Crippen molar-refractivity contribution in [2.45, 2.75) is 96.8 Å². The van der Waals surface area contributed by atoms with Gasteiger partial charge in [0.05, 0.1) is 27.4 Å². The molecule has 0 amide bonds. The Balaban J connectivity index is 1.32. The van der Waals surface area contributed by atoms with Crippen molar-refractivity contribution in [3.05, 3.63) is 83.4 Å². The Hall–Kier alpha value is -3.91. The fourth-order valence-electron chi connectivity index (χ4n) is 5.16. The first-order chi connectivity index (χ1) is 22.1. The van der Waals surface area contributed by atoms with Crippen molar-refractivity contribution in [1.82, 2.24) is 0 Å². The molecule has 0 saturated heterocycles. The van der Waals surface area contributed by atoms with Gasteiger partial charge >= 0.3 is 0 Å². The molecule has 0 unspecified atom stereocenters. The Morgan fingerprint density at radius 2 is 1.09 bits per heavy atom. The molecule has 0 fully saturated rings. The Kier molecular flexibility index (Phi) is 17.2. The van der Waals surface area contributed by atoms with E-state index in [1.807, 2.05) is 48.5 Å². The Labute approximate surface area is 271 Å². The maximum absolute atomic E-state index is 12.6. The zero-order valence-electron chi connectivity index (χ0n) is 27.7. The SMILES string of the molecule is CCCCCCCCCCCCOc1cccc(C#Cc2cccc(OCCCCCC(=O)c3ccc(OC)c(OC)c3)c2)c1. The molecule has 5 nitrogen and oxygen atoms in total. The van der Waals surface area contributed by atoms with Crippen LogP contribution in [0, 0.1) is 11.8 Å². The van der Waals surface area contributed by atoms with Crippen molar-refractivity contribution in [2.75, 3.05) is 27.4 Å². The lowest BCUT2D eigenvalue weighted by molar-refractivity contribution is 0.0978. The van der Waals surface area contributed by atoms with E-state index in [2.05, 4.69) is 18.8 Å². The largest absolute Gasteiger partial charge is 0.494 e. The van der Waals surface area contributed by atoms with E-state index < -0.39 is 0 Å². The summed E-state index contributed by atoms with van der Waals surface area (Å²) in [6.45, 7) is 3.62. The topological polar surface area (TPSA) is 54.0 Å². The van der Waals surface area contributed by atoms with Gasteiger partial charge in [-0.05, 0) is 80.3 Å². The predicted octanol–water partition coefficient (Wildman–Crippen LogP) is 10.2. The third-order valence-electron chi connectivity index (χ3n) is 7.81. The van der Waals surface area contributed by atoms with Crippen molar-refractivity contribution in [1.29, 1.82) is 0 Å². The standard InChI is InChI=1S/C40H52O5/c1-4-5-6-7-8-9-10-11-12-15-28-44-36-21-17-19-33(30-36)24-25-34-20-18-22-37(31-34)45-29-16-13-14-23-38(41)35-26-27-39(42-2)40(32-35)43-3/h17-22,26-27,30-32H,4-16,23,28-29H2,1-3H3. The Morgan fingerprint density at radius 1 is 0.578 bits per heavy atom. The normalized spacial score (nSPS) is 10.6. The molecule has 0 heterocycles. The van der Waals surface area contributed by atoms with Crippen LogP contribution in [0.1, 0.15) is 118 Å². The van der Waals surface area contributed by atoms with Crippen molar-refractivity contribution in [3.8, 4) is 34.8 Å². The van der Waals surface area contributed by atoms with Gasteiger partial charge in [0.25, 0.3) is 0 Å². The van der Waals surface area contributed by atoms with Gasteiger partial charge in [-0.3, -0.25) is 4.79 Å². The van der Waals surface area contributed by atoms with E-state index in [1.165, 1.54) is 57.8 Å². The molecular formula is C40H52O5. The Bertz CT molecular complexity index is 1340. The van der Waals surface area contributed by atoms with Crippen LogP contribution in [0.3, 0.4) is 0 Å². The van der Waals surface area contributed by atoms with Crippen LogP contribution < -0.4 is 18.9 Å². The van der Waals surface area contributed by atoms with E-state index in [4.69, 9.17) is 18.9 Å². The third-order valence-corrected chi connectivity index (χ3v) is 7.81. The van der Waals surface area contributed by atoms with Crippen LogP contribution in [0.25, 0.3) is 0 Å². The summed E-state index contributed by atoms with van der Waals surface area (Å²) in [5.41, 5.74) is 2.49. The molecule has 0 bridgehead atoms. The zero-order valence-corrected chi connectivity index (χ0v) is 27.7. The van der Waals surface area contributed by atoms with Gasteiger partial charge in [0, 0.05) is 23.1 Å². The average molecular weight is 613 g/mol. The molecule has 0 aliphatic carbocycles. The minimum atomic E-state index is 0.106. The minimum absolute atomic E-state index is 0.106. The summed E-state index contributed by atoms with van der Waals surface area (Å²) >= 11 is 0. The molecule has 0 atom stereocenters. The van der Waals surface area contributed by atoms with Gasteiger partial charge in [0.2, 0.25) is 0 Å². The van der Waals surface area contributed by atoms with Crippen molar-refractivity contribution >= 4 is 5.78 Å². The number of unbranched alkanes of at least 4 members (excludes halogenated alkanes) is 11. The van der Waals surface area contributed by atoms with Crippen molar-refractivity contribution < 1.29 is 23.7 Å². The van der Waals surface area contributed by atoms with Gasteiger partial charge in [-0.25, -0.2) is 0 Å². The number of methoxy groups -OCH3 is 2. The van der Waals surface area contributed by atoms with Gasteiger partial charge in [0.15, 0.2) is 17.3 Å². The van der Waals surface area contributed by atoms with Gasteiger partial charge in [-0.15, -0.1) is 0 Å². The van der Waals surface area contributed by atoms with Crippen LogP contribution in [0.15, 0.2) is 66.7 Å². The summed E-state index contributed by atoms with van der Waals surface area (Å²) in [5, 5.41) is 0. The van der Waals surface area contributed by atoms with Gasteiger partial charge in [0.1, 0.15) is 11.5 Å². The number of carbonyl (C=O) groups excluding carboxylic acids is 1. The molecular weight excluding hydrogens is 560 g/mol. The number of carbonyl (C=O) groups is 1. The fourth-order valence-corrected chi connectivity index (χ4v) is 5.16. The lowest BCUT2D eigenvalue weighted by Crippen LogP contribution is -2.02. The lowest BCUT2D eigenvalue weighted by atomic mass is 10.0. The molecule has 3 aromatic carbocycles. The second-order valence-electron chi connectivity index (χ2n) is 11.5. The third kappa shape index (κ3) is 14.2. The maximum atomic E-state index is 12.6. The molecule has 0 aliphatic heterocycles. The summed E-state index contributed by atoms with van der Waals surface area (Å²) in [7, 11) is 3.16. The summed E-state index contributed by atoms with van der Waals surface area (Å²) in [4.78, 5) is 12.6. The number of Topliss-reactive ketones (excluding diaryl/α,β-unsaturated/α-hetero) is 1. The van der Waals surface area contributed by atoms with E-state index >= 15 is 0 Å². The molecule has 0 spiro atoms. The molecule has 3 rings (SSSR count). The van der Waals surface area contributed by atoms with Crippen LogP contribution in [0.4, 0.5) is 0 Å². The first kappa shape index (κ1) is 35.6. The minimum Gasteiger partial charge on any atom is -0.494 e. The number of hydrogen-bond acceptors (Lipinski definition) is 5. The first-order valence-corrected chi connectivity index (χ1v) is 16.9. The van der Waals surface area contributed by atoms with Crippen molar-refractivity contribution in [2.24, 2.45) is 0 Å². The molecule has 0 aliphatic rings. The molecule has 0 radical (unpaired) electrons. The number of hydrogen-bond donors (Lipinski definition) is 0. The summed E-state index contributed by atoms with van der Waals surface area (Å²) in [6.07, 6.45) is 16.3. The molecule has 3 aromatic rings. The summed E-state index contributed by atoms with van der Waals surface area (Å²) < 4.78 is 22.5. The van der Waals surface area contributed by atoms with E-state index in [-0.39, 0.29) is 5.78 Å². The monoisotopic (exact) mass is 612 g/mol. The quantitative estimate of drug-likeness (QED) is 0.0642. The average Bonchev–Trinajstić information content (AvgIpc) is 3.07. The van der Waals surface area contributed by atoms with E-state index in [0.717, 1.165) is 54.9 Å². The van der Waals surface area contributed by atoms with Crippen LogP contribution in [-0.4, -0.2) is 33.2 Å². The van der Waals surface area contributed by atoms with Gasteiger partial charge < -0.3 is 18.9 Å². The first-order valence-electron chi connectivity index (χ1n) is 16.9. The van der Waals surface area contributed by atoms with Crippen LogP contribution in [-0.2, 0) is 0 Å². The number of ketones is 1. The summed E-state index contributed by atoms with van der Waals surface area (Å²) in [6, 6.07) is 21.2. The number of rotatable bonds is 22. The second kappa shape index (κ2) is 21.7. The van der Waals surface area contributed by atoms with Crippen molar-refractivity contribution in [3.63, 3.8) is 0 Å². The van der Waals surface area contributed by atoms with Gasteiger partial charge in [-0.2, -0.15) is 0 Å². The molecule has 0 N–H and O–H groups in total. The highest BCUT2D eigenvalue weighted by atomic mass is 16.5. The molecule has 5 heteroatoms. The van der Waals surface area contributed by atoms with E-state index in [1.54, 1.807) is 32.4 Å². The molecule has 0 saturated carbocycles. The lowest BCUT2D eigenvalue weighted by Gasteiger charge is -2.09. The molecule has 45 heavy (non-hydrogen) atoms. The predicted molar refractivity (Wildman–Crippen MR) is 184 cm³/mol. The highest BCUT2D eigenvalue weighted by molar-refractivity contribution is 5.96. The smallest absolute Gasteiger partial charge is 0.163 e. The zero-order chi connectivity index (χ0) is 32.0. The fraction of sp³-hybridized carbons (Fsp3) is 0.475. The molecule has 0 aromatic heterocycles. The second-order valence-corrected chi connectivity index (χ2v) is 11.5. The van der Waals surface area contributed by atoms with Crippen LogP contribution >= 0.6 is 0 Å². The number of ether oxygens (including phenoxy) is 4. The summed E-state index contributed by atoms with van der Waals surface area (Å²) in [5.74, 6) is 9.49. The molecule has 242 valence electrons. The van der Waals surface area contributed by atoms with Gasteiger partial charge in [-0.1, -0.05) is 88.7 Å². The van der Waals surface area contributed by atoms with E-state index in [9.17, 15) is 4.79 Å². The highest BCUT2D eigenvalue weighted by Gasteiger charge is 2.10. The maximum Gasteiger partial charge on any atom is 0.163 e. The number of benzene rings is 3. The highest BCUT2D eigenvalue weighted by Crippen LogP contribution is 2.28. The van der Waals surface area contributed by atoms with E-state index in [0.29, 0.717) is 30.1 Å².